The largest absolute Gasteiger partial charge is 0.369 e. The number of aromatic nitrogens is 1. The quantitative estimate of drug-likeness (QED) is 0.479. The Bertz CT molecular complexity index is 687. The SMILES string of the molecule is C=C(/C=C\C(=C)N1CC2CC(C1)N2)N/N=C(\C)c1cccnc1C. The Hall–Kier alpha value is -2.40. The molecule has 1 aromatic heterocycles. The summed E-state index contributed by atoms with van der Waals surface area (Å²) in [6.07, 6.45) is 7.00. The van der Waals surface area contributed by atoms with Crippen molar-refractivity contribution in [2.24, 2.45) is 5.10 Å². The van der Waals surface area contributed by atoms with Gasteiger partial charge in [-0.1, -0.05) is 13.2 Å². The van der Waals surface area contributed by atoms with Gasteiger partial charge in [0.25, 0.3) is 0 Å². The molecule has 0 radical (unpaired) electrons. The van der Waals surface area contributed by atoms with Gasteiger partial charge in [-0.05, 0) is 44.6 Å². The highest BCUT2D eigenvalue weighted by atomic mass is 15.3. The molecule has 2 N–H and O–H groups in total. The van der Waals surface area contributed by atoms with Crippen molar-refractivity contribution in [3.8, 4) is 0 Å². The fourth-order valence-corrected chi connectivity index (χ4v) is 3.17. The number of piperazine rings is 1. The monoisotopic (exact) mass is 323 g/mol. The lowest BCUT2D eigenvalue weighted by molar-refractivity contribution is 0.107. The first-order valence-electron chi connectivity index (χ1n) is 8.32. The van der Waals surface area contributed by atoms with Crippen molar-refractivity contribution in [2.75, 3.05) is 13.1 Å². The van der Waals surface area contributed by atoms with Crippen LogP contribution < -0.4 is 10.7 Å². The number of hydrogen-bond donors (Lipinski definition) is 2. The number of piperidine rings is 1. The third-order valence-corrected chi connectivity index (χ3v) is 4.57. The van der Waals surface area contributed by atoms with E-state index in [0.29, 0.717) is 12.1 Å². The lowest BCUT2D eigenvalue weighted by Crippen LogP contribution is -2.66. The average molecular weight is 323 g/mol. The van der Waals surface area contributed by atoms with E-state index in [0.717, 1.165) is 41.5 Å². The van der Waals surface area contributed by atoms with Gasteiger partial charge in [-0.15, -0.1) is 0 Å². The first kappa shape index (κ1) is 16.5. The normalized spacial score (nSPS) is 23.1. The van der Waals surface area contributed by atoms with Crippen molar-refractivity contribution in [1.82, 2.24) is 20.6 Å². The van der Waals surface area contributed by atoms with Crippen molar-refractivity contribution in [3.63, 3.8) is 0 Å². The van der Waals surface area contributed by atoms with E-state index >= 15 is 0 Å². The lowest BCUT2D eigenvalue weighted by atomic mass is 9.91. The summed E-state index contributed by atoms with van der Waals surface area (Å²) in [5.74, 6) is 0. The van der Waals surface area contributed by atoms with Crippen LogP contribution in [0.4, 0.5) is 0 Å². The van der Waals surface area contributed by atoms with E-state index in [9.17, 15) is 0 Å². The van der Waals surface area contributed by atoms with Crippen molar-refractivity contribution in [3.05, 3.63) is 66.3 Å². The first-order valence-corrected chi connectivity index (χ1v) is 8.32. The van der Waals surface area contributed by atoms with Crippen LogP contribution in [0.15, 0.2) is 60.1 Å². The molecule has 2 atom stereocenters. The van der Waals surface area contributed by atoms with E-state index < -0.39 is 0 Å². The Morgan fingerprint density at radius 3 is 2.75 bits per heavy atom. The number of hydrazone groups is 1. The summed E-state index contributed by atoms with van der Waals surface area (Å²) < 4.78 is 0. The molecule has 1 aromatic rings. The summed E-state index contributed by atoms with van der Waals surface area (Å²) >= 11 is 0. The second kappa shape index (κ2) is 7.01. The Morgan fingerprint density at radius 1 is 1.38 bits per heavy atom. The number of allylic oxidation sites excluding steroid dienone is 2. The Kier molecular flexibility index (Phi) is 4.81. The third-order valence-electron chi connectivity index (χ3n) is 4.57. The minimum absolute atomic E-state index is 0.630. The van der Waals surface area contributed by atoms with Crippen molar-refractivity contribution >= 4 is 5.71 Å². The molecule has 126 valence electrons. The molecule has 4 rings (SSSR count). The maximum absolute atomic E-state index is 4.39. The van der Waals surface area contributed by atoms with Crippen LogP contribution in [-0.4, -0.2) is 40.8 Å². The van der Waals surface area contributed by atoms with Crippen LogP contribution in [-0.2, 0) is 0 Å². The fraction of sp³-hybridized carbons (Fsp3) is 0.368. The van der Waals surface area contributed by atoms with E-state index in [-0.39, 0.29) is 0 Å². The molecule has 24 heavy (non-hydrogen) atoms. The van der Waals surface area contributed by atoms with Crippen LogP contribution in [0, 0.1) is 6.92 Å². The number of nitrogens with one attached hydrogen (secondary N) is 2. The van der Waals surface area contributed by atoms with Crippen LogP contribution in [0.3, 0.4) is 0 Å². The lowest BCUT2D eigenvalue weighted by Gasteiger charge is -2.49. The van der Waals surface area contributed by atoms with E-state index in [1.165, 1.54) is 6.42 Å². The summed E-state index contributed by atoms with van der Waals surface area (Å²) in [5, 5.41) is 7.91. The maximum atomic E-state index is 4.39. The number of aryl methyl sites for hydroxylation is 1. The minimum Gasteiger partial charge on any atom is -0.369 e. The number of pyridine rings is 1. The predicted octanol–water partition coefficient (Wildman–Crippen LogP) is 2.33. The van der Waals surface area contributed by atoms with E-state index in [1.54, 1.807) is 6.20 Å². The highest BCUT2D eigenvalue weighted by molar-refractivity contribution is 5.99. The van der Waals surface area contributed by atoms with Gasteiger partial charge in [0.05, 0.1) is 5.71 Å². The molecule has 0 aromatic carbocycles. The maximum Gasteiger partial charge on any atom is 0.0666 e. The van der Waals surface area contributed by atoms with Crippen LogP contribution in [0.5, 0.6) is 0 Å². The van der Waals surface area contributed by atoms with E-state index in [2.05, 4.69) is 38.9 Å². The second-order valence-corrected chi connectivity index (χ2v) is 6.50. The number of fused-ring (bicyclic) bond motifs is 2. The topological polar surface area (TPSA) is 52.5 Å². The Balaban J connectivity index is 1.52. The zero-order valence-corrected chi connectivity index (χ0v) is 14.4. The first-order chi connectivity index (χ1) is 11.5. The molecule has 3 aliphatic rings. The number of hydrogen-bond acceptors (Lipinski definition) is 5. The highest BCUT2D eigenvalue weighted by Gasteiger charge is 2.36. The van der Waals surface area contributed by atoms with Crippen LogP contribution in [0.2, 0.25) is 0 Å². The summed E-state index contributed by atoms with van der Waals surface area (Å²) in [6, 6.07) is 5.19. The van der Waals surface area contributed by atoms with E-state index in [1.807, 2.05) is 38.1 Å². The molecule has 4 heterocycles. The molecule has 2 bridgehead atoms. The van der Waals surface area contributed by atoms with Crippen LogP contribution in [0.25, 0.3) is 0 Å². The van der Waals surface area contributed by atoms with Crippen LogP contribution >= 0.6 is 0 Å². The minimum atomic E-state index is 0.630. The van der Waals surface area contributed by atoms with Gasteiger partial charge in [0.15, 0.2) is 0 Å². The Labute approximate surface area is 143 Å². The summed E-state index contributed by atoms with van der Waals surface area (Å²) in [6.45, 7) is 14.2. The smallest absolute Gasteiger partial charge is 0.0666 e. The van der Waals surface area contributed by atoms with E-state index in [4.69, 9.17) is 0 Å². The average Bonchev–Trinajstić information content (AvgIpc) is 2.57. The van der Waals surface area contributed by atoms with Gasteiger partial charge in [0.1, 0.15) is 0 Å². The molecule has 0 spiro atoms. The molecule has 2 unspecified atom stereocenters. The molecular formula is C19H25N5. The number of rotatable bonds is 6. The van der Waals surface area contributed by atoms with Gasteiger partial charge >= 0.3 is 0 Å². The van der Waals surface area contributed by atoms with Gasteiger partial charge in [-0.3, -0.25) is 10.4 Å². The second-order valence-electron chi connectivity index (χ2n) is 6.50. The van der Waals surface area contributed by atoms with Gasteiger partial charge < -0.3 is 10.2 Å². The highest BCUT2D eigenvalue weighted by Crippen LogP contribution is 2.23. The molecule has 3 aliphatic heterocycles. The van der Waals surface area contributed by atoms with Crippen molar-refractivity contribution < 1.29 is 0 Å². The Morgan fingerprint density at radius 2 is 2.08 bits per heavy atom. The van der Waals surface area contributed by atoms with Gasteiger partial charge in [0, 0.05) is 54.0 Å². The molecule has 3 saturated heterocycles. The van der Waals surface area contributed by atoms with Gasteiger partial charge in [0.2, 0.25) is 0 Å². The standard InChI is InChI=1S/C19H25N5/c1-13(22-23-16(4)19-6-5-9-20-15(19)3)7-8-14(2)24-11-17-10-18(12-24)21-17/h5-9,17-18,21-22H,1-2,10-12H2,3-4H3/b8-7-,23-16+. The fourth-order valence-electron chi connectivity index (χ4n) is 3.17. The summed E-state index contributed by atoms with van der Waals surface area (Å²) in [4.78, 5) is 6.61. The molecule has 0 aliphatic carbocycles. The zero-order chi connectivity index (χ0) is 17.1. The molecule has 3 fully saturated rings. The molecule has 5 heteroatoms. The third kappa shape index (κ3) is 3.74. The van der Waals surface area contributed by atoms with Gasteiger partial charge in [-0.2, -0.15) is 5.10 Å². The zero-order valence-electron chi connectivity index (χ0n) is 14.4. The summed E-state index contributed by atoms with van der Waals surface area (Å²) in [5.41, 5.74) is 7.63. The van der Waals surface area contributed by atoms with Crippen molar-refractivity contribution in [1.29, 1.82) is 0 Å². The molecule has 0 saturated carbocycles. The predicted molar refractivity (Wildman–Crippen MR) is 98.6 cm³/mol. The molecule has 5 nitrogen and oxygen atoms in total. The molecular weight excluding hydrogens is 298 g/mol. The molecule has 0 amide bonds. The number of nitrogens with zero attached hydrogens (tertiary/aromatic N) is 3. The summed E-state index contributed by atoms with van der Waals surface area (Å²) in [7, 11) is 0. The van der Waals surface area contributed by atoms with Crippen LogP contribution in [0.1, 0.15) is 24.6 Å². The van der Waals surface area contributed by atoms with Gasteiger partial charge in [-0.25, -0.2) is 0 Å². The van der Waals surface area contributed by atoms with Crippen molar-refractivity contribution in [2.45, 2.75) is 32.4 Å².